The molecule has 1 heterocycles. The van der Waals surface area contributed by atoms with Gasteiger partial charge in [-0.2, -0.15) is 4.72 Å². The zero-order valence-electron chi connectivity index (χ0n) is 14.7. The lowest BCUT2D eigenvalue weighted by Crippen LogP contribution is -2.45. The molecular weight excluding hydrogens is 392 g/mol. The Labute approximate surface area is 162 Å². The predicted octanol–water partition coefficient (Wildman–Crippen LogP) is 2.61. The van der Waals surface area contributed by atoms with Crippen LogP contribution in [0.25, 0.3) is 0 Å². The van der Waals surface area contributed by atoms with Gasteiger partial charge in [0.15, 0.2) is 11.5 Å². The molecule has 2 aromatic rings. The van der Waals surface area contributed by atoms with E-state index < -0.39 is 22.0 Å². The van der Waals surface area contributed by atoms with Crippen molar-refractivity contribution in [2.45, 2.75) is 30.8 Å². The number of amides is 1. The van der Waals surface area contributed by atoms with Gasteiger partial charge in [-0.1, -0.05) is 17.7 Å². The van der Waals surface area contributed by atoms with Gasteiger partial charge in [0.1, 0.15) is 0 Å². The third kappa shape index (κ3) is 4.52. The smallest absolute Gasteiger partial charge is 0.241 e. The monoisotopic (exact) mass is 410 g/mol. The summed E-state index contributed by atoms with van der Waals surface area (Å²) in [6, 6.07) is 9.79. The SMILES string of the molecule is C[C@@H](NS(=O)(=O)c1ccc(Cl)cc1)C(=O)N[C@H](C)c1ccc2c(c1)OCO2. The van der Waals surface area contributed by atoms with Crippen molar-refractivity contribution in [3.63, 3.8) is 0 Å². The van der Waals surface area contributed by atoms with Gasteiger partial charge < -0.3 is 14.8 Å². The minimum Gasteiger partial charge on any atom is -0.454 e. The quantitative estimate of drug-likeness (QED) is 0.763. The molecule has 0 bridgehead atoms. The number of sulfonamides is 1. The molecule has 3 rings (SSSR count). The number of ether oxygens (including phenoxy) is 2. The lowest BCUT2D eigenvalue weighted by Gasteiger charge is -2.19. The van der Waals surface area contributed by atoms with Gasteiger partial charge in [-0.3, -0.25) is 4.79 Å². The molecule has 0 saturated carbocycles. The maximum absolute atomic E-state index is 12.4. The highest BCUT2D eigenvalue weighted by Gasteiger charge is 2.24. The summed E-state index contributed by atoms with van der Waals surface area (Å²) in [5, 5.41) is 3.21. The van der Waals surface area contributed by atoms with Crippen LogP contribution in [0.15, 0.2) is 47.4 Å². The largest absolute Gasteiger partial charge is 0.454 e. The number of hydrogen-bond acceptors (Lipinski definition) is 5. The van der Waals surface area contributed by atoms with E-state index in [0.717, 1.165) is 5.56 Å². The first-order valence-electron chi connectivity index (χ1n) is 8.24. The number of benzene rings is 2. The van der Waals surface area contributed by atoms with E-state index in [-0.39, 0.29) is 17.7 Å². The molecule has 2 aromatic carbocycles. The molecule has 0 radical (unpaired) electrons. The molecule has 0 spiro atoms. The van der Waals surface area contributed by atoms with Gasteiger partial charge in [0.05, 0.1) is 17.0 Å². The van der Waals surface area contributed by atoms with Crippen molar-refractivity contribution >= 4 is 27.5 Å². The van der Waals surface area contributed by atoms with Crippen molar-refractivity contribution in [3.05, 3.63) is 53.1 Å². The Morgan fingerprint density at radius 3 is 2.44 bits per heavy atom. The fourth-order valence-electron chi connectivity index (χ4n) is 2.57. The topological polar surface area (TPSA) is 93.7 Å². The lowest BCUT2D eigenvalue weighted by molar-refractivity contribution is -0.123. The molecule has 0 aliphatic carbocycles. The summed E-state index contributed by atoms with van der Waals surface area (Å²) in [5.41, 5.74) is 0.820. The molecule has 27 heavy (non-hydrogen) atoms. The van der Waals surface area contributed by atoms with E-state index in [1.165, 1.54) is 31.2 Å². The third-order valence-electron chi connectivity index (χ3n) is 4.10. The Hall–Kier alpha value is -2.29. The third-order valence-corrected chi connectivity index (χ3v) is 5.91. The number of carbonyl (C=O) groups is 1. The fraction of sp³-hybridized carbons (Fsp3) is 0.278. The van der Waals surface area contributed by atoms with Gasteiger partial charge in [-0.25, -0.2) is 8.42 Å². The summed E-state index contributed by atoms with van der Waals surface area (Å²) in [5.74, 6) is 0.823. The summed E-state index contributed by atoms with van der Waals surface area (Å²) < 4.78 is 37.7. The summed E-state index contributed by atoms with van der Waals surface area (Å²) in [4.78, 5) is 12.4. The number of rotatable bonds is 6. The van der Waals surface area contributed by atoms with Crippen LogP contribution < -0.4 is 19.5 Å². The Kier molecular flexibility index (Phi) is 5.59. The molecule has 9 heteroatoms. The summed E-state index contributed by atoms with van der Waals surface area (Å²) >= 11 is 5.77. The molecule has 1 aliphatic rings. The van der Waals surface area contributed by atoms with Crippen molar-refractivity contribution in [3.8, 4) is 11.5 Å². The summed E-state index contributed by atoms with van der Waals surface area (Å²) in [7, 11) is -3.84. The van der Waals surface area contributed by atoms with E-state index in [1.807, 2.05) is 6.07 Å². The minimum absolute atomic E-state index is 0.0374. The van der Waals surface area contributed by atoms with E-state index in [0.29, 0.717) is 16.5 Å². The van der Waals surface area contributed by atoms with Gasteiger partial charge >= 0.3 is 0 Å². The van der Waals surface area contributed by atoms with Crippen molar-refractivity contribution in [2.24, 2.45) is 0 Å². The molecule has 0 saturated heterocycles. The van der Waals surface area contributed by atoms with Crippen LogP contribution >= 0.6 is 11.6 Å². The standard InChI is InChI=1S/C18H19ClN2O5S/c1-11(13-3-8-16-17(9-13)26-10-25-16)20-18(22)12(2)21-27(23,24)15-6-4-14(19)5-7-15/h3-9,11-12,21H,10H2,1-2H3,(H,20,22)/t11-,12-/m1/s1. The van der Waals surface area contributed by atoms with E-state index in [9.17, 15) is 13.2 Å². The maximum atomic E-state index is 12.4. The molecule has 1 aliphatic heterocycles. The second-order valence-electron chi connectivity index (χ2n) is 6.14. The van der Waals surface area contributed by atoms with Gasteiger partial charge in [-0.15, -0.1) is 0 Å². The first-order chi connectivity index (χ1) is 12.8. The first kappa shape index (κ1) is 19.5. The normalized spacial score (nSPS) is 15.2. The van der Waals surface area contributed by atoms with E-state index in [1.54, 1.807) is 19.1 Å². The van der Waals surface area contributed by atoms with Crippen molar-refractivity contribution in [1.82, 2.24) is 10.0 Å². The van der Waals surface area contributed by atoms with Gasteiger partial charge in [0.2, 0.25) is 22.7 Å². The lowest BCUT2D eigenvalue weighted by atomic mass is 10.1. The molecule has 7 nitrogen and oxygen atoms in total. The van der Waals surface area contributed by atoms with E-state index in [4.69, 9.17) is 21.1 Å². The Balaban J connectivity index is 1.64. The van der Waals surface area contributed by atoms with Crippen LogP contribution in [-0.4, -0.2) is 27.2 Å². The molecule has 2 N–H and O–H groups in total. The molecule has 0 fully saturated rings. The van der Waals surface area contributed by atoms with E-state index in [2.05, 4.69) is 10.0 Å². The van der Waals surface area contributed by atoms with Crippen LogP contribution in [0.4, 0.5) is 0 Å². The molecule has 0 aromatic heterocycles. The van der Waals surface area contributed by atoms with Gasteiger partial charge in [0.25, 0.3) is 0 Å². The van der Waals surface area contributed by atoms with Gasteiger partial charge in [0, 0.05) is 5.02 Å². The molecule has 1 amide bonds. The fourth-order valence-corrected chi connectivity index (χ4v) is 3.90. The number of nitrogens with one attached hydrogen (secondary N) is 2. The maximum Gasteiger partial charge on any atom is 0.241 e. The number of carbonyl (C=O) groups excluding carboxylic acids is 1. The highest BCUT2D eigenvalue weighted by Crippen LogP contribution is 2.34. The van der Waals surface area contributed by atoms with Crippen molar-refractivity contribution in [1.29, 1.82) is 0 Å². The van der Waals surface area contributed by atoms with E-state index >= 15 is 0 Å². The van der Waals surface area contributed by atoms with Crippen LogP contribution in [-0.2, 0) is 14.8 Å². The van der Waals surface area contributed by atoms with Crippen LogP contribution in [0.3, 0.4) is 0 Å². The molecular formula is C18H19ClN2O5S. The molecule has 2 atom stereocenters. The van der Waals surface area contributed by atoms with Crippen molar-refractivity contribution in [2.75, 3.05) is 6.79 Å². The average molecular weight is 411 g/mol. The Bertz CT molecular complexity index is 947. The Morgan fingerprint density at radius 1 is 1.07 bits per heavy atom. The van der Waals surface area contributed by atoms with Crippen LogP contribution in [0.2, 0.25) is 5.02 Å². The van der Waals surface area contributed by atoms with Gasteiger partial charge in [-0.05, 0) is 55.8 Å². The zero-order valence-corrected chi connectivity index (χ0v) is 16.3. The highest BCUT2D eigenvalue weighted by atomic mass is 35.5. The van der Waals surface area contributed by atoms with Crippen LogP contribution in [0.1, 0.15) is 25.5 Å². The second kappa shape index (κ2) is 7.75. The Morgan fingerprint density at radius 2 is 1.74 bits per heavy atom. The minimum atomic E-state index is -3.84. The van der Waals surface area contributed by atoms with Crippen LogP contribution in [0.5, 0.6) is 11.5 Å². The second-order valence-corrected chi connectivity index (χ2v) is 8.29. The van der Waals surface area contributed by atoms with Crippen LogP contribution in [0, 0.1) is 0 Å². The van der Waals surface area contributed by atoms with Crippen molar-refractivity contribution < 1.29 is 22.7 Å². The number of fused-ring (bicyclic) bond motifs is 1. The average Bonchev–Trinajstić information content (AvgIpc) is 3.09. The molecule has 144 valence electrons. The number of halogens is 1. The number of hydrogen-bond donors (Lipinski definition) is 2. The first-order valence-corrected chi connectivity index (χ1v) is 10.1. The summed E-state index contributed by atoms with van der Waals surface area (Å²) in [6.45, 7) is 3.45. The summed E-state index contributed by atoms with van der Waals surface area (Å²) in [6.07, 6.45) is 0. The highest BCUT2D eigenvalue weighted by molar-refractivity contribution is 7.89. The predicted molar refractivity (Wildman–Crippen MR) is 100 cm³/mol. The zero-order chi connectivity index (χ0) is 19.6. The molecule has 0 unspecified atom stereocenters.